The fourth-order valence-electron chi connectivity index (χ4n) is 2.37. The van der Waals surface area contributed by atoms with Gasteiger partial charge in [-0.2, -0.15) is 0 Å². The maximum atomic E-state index is 14.3. The van der Waals surface area contributed by atoms with Crippen molar-refractivity contribution >= 4 is 11.8 Å². The third-order valence-electron chi connectivity index (χ3n) is 3.57. The Morgan fingerprint density at radius 3 is 2.70 bits per heavy atom. The predicted molar refractivity (Wildman–Crippen MR) is 85.8 cm³/mol. The van der Waals surface area contributed by atoms with E-state index >= 15 is 0 Å². The van der Waals surface area contributed by atoms with Gasteiger partial charge in [0, 0.05) is 12.5 Å². The monoisotopic (exact) mass is 317 g/mol. The second-order valence-electron chi connectivity index (χ2n) is 5.30. The van der Waals surface area contributed by atoms with Crippen LogP contribution in [0.2, 0.25) is 0 Å². The van der Waals surface area contributed by atoms with Crippen LogP contribution in [0.25, 0.3) is 0 Å². The molecule has 1 atom stereocenters. The molecule has 0 amide bonds. The minimum atomic E-state index is -0.873. The van der Waals surface area contributed by atoms with E-state index in [1.54, 1.807) is 0 Å². The molecule has 2 N–H and O–H groups in total. The molecule has 1 aromatic heterocycles. The lowest BCUT2D eigenvalue weighted by molar-refractivity contribution is -0.137. The molecule has 0 spiro atoms. The fourth-order valence-corrected chi connectivity index (χ4v) is 2.37. The van der Waals surface area contributed by atoms with Crippen LogP contribution < -0.4 is 5.32 Å². The molecule has 5 nitrogen and oxygen atoms in total. The van der Waals surface area contributed by atoms with E-state index in [4.69, 9.17) is 5.11 Å². The first kappa shape index (κ1) is 16.9. The number of anilines is 1. The third-order valence-corrected chi connectivity index (χ3v) is 3.57. The lowest BCUT2D eigenvalue weighted by Gasteiger charge is -2.19. The summed E-state index contributed by atoms with van der Waals surface area (Å²) in [6.45, 7) is 1.82. The quantitative estimate of drug-likeness (QED) is 0.782. The van der Waals surface area contributed by atoms with Gasteiger partial charge in [-0.15, -0.1) is 0 Å². The Morgan fingerprint density at radius 1 is 1.30 bits per heavy atom. The highest BCUT2D eigenvalue weighted by atomic mass is 19.1. The SMILES string of the molecule is CCc1ncnc(NC(CCC(=O)O)Cc2ccccc2)c1F. The first-order valence-electron chi connectivity index (χ1n) is 7.61. The third kappa shape index (κ3) is 5.02. The molecule has 23 heavy (non-hydrogen) atoms. The van der Waals surface area contributed by atoms with Crippen LogP contribution in [0.15, 0.2) is 36.7 Å². The van der Waals surface area contributed by atoms with Crippen LogP contribution in [0.5, 0.6) is 0 Å². The molecule has 0 saturated carbocycles. The first-order chi connectivity index (χ1) is 11.1. The van der Waals surface area contributed by atoms with Crippen molar-refractivity contribution < 1.29 is 14.3 Å². The Kier molecular flexibility index (Phi) is 6.02. The number of aromatic nitrogens is 2. The molecule has 0 aliphatic heterocycles. The molecule has 2 aromatic rings. The Balaban J connectivity index is 2.15. The normalized spacial score (nSPS) is 11.9. The maximum absolute atomic E-state index is 14.3. The van der Waals surface area contributed by atoms with Crippen LogP contribution in [-0.2, 0) is 17.6 Å². The number of carboxylic acids is 1. The van der Waals surface area contributed by atoms with E-state index in [0.29, 0.717) is 25.0 Å². The van der Waals surface area contributed by atoms with Crippen molar-refractivity contribution in [1.29, 1.82) is 0 Å². The molecule has 6 heteroatoms. The molecule has 0 aliphatic rings. The van der Waals surface area contributed by atoms with E-state index in [1.807, 2.05) is 37.3 Å². The summed E-state index contributed by atoms with van der Waals surface area (Å²) >= 11 is 0. The van der Waals surface area contributed by atoms with Crippen molar-refractivity contribution in [3.05, 3.63) is 53.7 Å². The lowest BCUT2D eigenvalue weighted by Crippen LogP contribution is -2.25. The van der Waals surface area contributed by atoms with Crippen LogP contribution >= 0.6 is 0 Å². The number of hydrogen-bond donors (Lipinski definition) is 2. The van der Waals surface area contributed by atoms with E-state index in [2.05, 4.69) is 15.3 Å². The molecule has 1 heterocycles. The summed E-state index contributed by atoms with van der Waals surface area (Å²) in [6.07, 6.45) is 2.79. The minimum Gasteiger partial charge on any atom is -0.481 e. The van der Waals surface area contributed by atoms with Gasteiger partial charge in [-0.05, 0) is 24.8 Å². The van der Waals surface area contributed by atoms with Crippen LogP contribution in [0.3, 0.4) is 0 Å². The van der Waals surface area contributed by atoms with E-state index in [-0.39, 0.29) is 18.3 Å². The lowest BCUT2D eigenvalue weighted by atomic mass is 10.0. The topological polar surface area (TPSA) is 75.1 Å². The number of benzene rings is 1. The van der Waals surface area contributed by atoms with Crippen molar-refractivity contribution in [2.75, 3.05) is 5.32 Å². The van der Waals surface area contributed by atoms with E-state index < -0.39 is 11.8 Å². The van der Waals surface area contributed by atoms with Crippen LogP contribution in [0.1, 0.15) is 31.0 Å². The number of rotatable bonds is 8. The molecule has 122 valence electrons. The predicted octanol–water partition coefficient (Wildman–Crippen LogP) is 3.07. The highest BCUT2D eigenvalue weighted by Gasteiger charge is 2.16. The smallest absolute Gasteiger partial charge is 0.303 e. The number of carbonyl (C=O) groups is 1. The molecule has 0 saturated heterocycles. The van der Waals surface area contributed by atoms with Gasteiger partial charge in [-0.25, -0.2) is 14.4 Å². The number of nitrogens with one attached hydrogen (secondary N) is 1. The fraction of sp³-hybridized carbons (Fsp3) is 0.353. The molecular weight excluding hydrogens is 297 g/mol. The van der Waals surface area contributed by atoms with Gasteiger partial charge in [0.15, 0.2) is 11.6 Å². The van der Waals surface area contributed by atoms with Gasteiger partial charge in [0.2, 0.25) is 0 Å². The summed E-state index contributed by atoms with van der Waals surface area (Å²) < 4.78 is 14.3. The number of hydrogen-bond acceptors (Lipinski definition) is 4. The largest absolute Gasteiger partial charge is 0.481 e. The number of aryl methyl sites for hydroxylation is 1. The Labute approximate surface area is 134 Å². The van der Waals surface area contributed by atoms with Crippen molar-refractivity contribution in [2.45, 2.75) is 38.6 Å². The Bertz CT molecular complexity index is 650. The molecular formula is C17H20FN3O2. The zero-order valence-electron chi connectivity index (χ0n) is 13.0. The van der Waals surface area contributed by atoms with Crippen molar-refractivity contribution in [3.8, 4) is 0 Å². The van der Waals surface area contributed by atoms with Gasteiger partial charge >= 0.3 is 5.97 Å². The highest BCUT2D eigenvalue weighted by Crippen LogP contribution is 2.18. The molecule has 2 rings (SSSR count). The van der Waals surface area contributed by atoms with Gasteiger partial charge in [-0.1, -0.05) is 37.3 Å². The molecule has 0 radical (unpaired) electrons. The second-order valence-corrected chi connectivity index (χ2v) is 5.30. The van der Waals surface area contributed by atoms with Crippen LogP contribution in [-0.4, -0.2) is 27.1 Å². The zero-order chi connectivity index (χ0) is 16.7. The van der Waals surface area contributed by atoms with Crippen molar-refractivity contribution in [1.82, 2.24) is 9.97 Å². The number of nitrogens with zero attached hydrogens (tertiary/aromatic N) is 2. The molecule has 0 bridgehead atoms. The summed E-state index contributed by atoms with van der Waals surface area (Å²) in [5, 5.41) is 11.9. The van der Waals surface area contributed by atoms with E-state index in [1.165, 1.54) is 6.33 Å². The molecule has 0 aliphatic carbocycles. The Hall–Kier alpha value is -2.50. The van der Waals surface area contributed by atoms with Crippen molar-refractivity contribution in [2.24, 2.45) is 0 Å². The summed E-state index contributed by atoms with van der Waals surface area (Å²) in [6, 6.07) is 9.46. The first-order valence-corrected chi connectivity index (χ1v) is 7.61. The van der Waals surface area contributed by atoms with Gasteiger partial charge in [0.1, 0.15) is 6.33 Å². The van der Waals surface area contributed by atoms with E-state index in [9.17, 15) is 9.18 Å². The van der Waals surface area contributed by atoms with Gasteiger partial charge < -0.3 is 10.4 Å². The Morgan fingerprint density at radius 2 is 2.04 bits per heavy atom. The number of aliphatic carboxylic acids is 1. The van der Waals surface area contributed by atoms with E-state index in [0.717, 1.165) is 5.56 Å². The summed E-state index contributed by atoms with van der Waals surface area (Å²) in [5.74, 6) is -1.21. The standard InChI is InChI=1S/C17H20FN3O2/c1-2-14-16(18)17(20-11-19-14)21-13(8-9-15(22)23)10-12-6-4-3-5-7-12/h3-7,11,13H,2,8-10H2,1H3,(H,22,23)(H,19,20,21). The van der Waals surface area contributed by atoms with Crippen LogP contribution in [0, 0.1) is 5.82 Å². The van der Waals surface area contributed by atoms with Crippen molar-refractivity contribution in [3.63, 3.8) is 0 Å². The van der Waals surface area contributed by atoms with Crippen LogP contribution in [0.4, 0.5) is 10.2 Å². The summed E-state index contributed by atoms with van der Waals surface area (Å²) in [5.41, 5.74) is 1.40. The van der Waals surface area contributed by atoms with Gasteiger partial charge in [0.25, 0.3) is 0 Å². The van der Waals surface area contributed by atoms with Gasteiger partial charge in [0.05, 0.1) is 5.69 Å². The number of halogens is 1. The zero-order valence-corrected chi connectivity index (χ0v) is 13.0. The molecule has 1 aromatic carbocycles. The molecule has 1 unspecified atom stereocenters. The highest BCUT2D eigenvalue weighted by molar-refractivity contribution is 5.66. The molecule has 0 fully saturated rings. The summed E-state index contributed by atoms with van der Waals surface area (Å²) in [4.78, 5) is 18.7. The summed E-state index contributed by atoms with van der Waals surface area (Å²) in [7, 11) is 0. The second kappa shape index (κ2) is 8.22. The minimum absolute atomic E-state index is 0.0117. The maximum Gasteiger partial charge on any atom is 0.303 e. The number of carboxylic acid groups (broad SMARTS) is 1. The average molecular weight is 317 g/mol. The average Bonchev–Trinajstić information content (AvgIpc) is 2.55. The van der Waals surface area contributed by atoms with Gasteiger partial charge in [-0.3, -0.25) is 4.79 Å².